The first-order chi connectivity index (χ1) is 10.1. The molecular formula is C15H11BrN4O. The van der Waals surface area contributed by atoms with E-state index >= 15 is 0 Å². The van der Waals surface area contributed by atoms with Gasteiger partial charge in [-0.25, -0.2) is 9.97 Å². The standard InChI is InChI=1S/C15H11BrN4O/c16-9-5-6-14(18-8-9)20-15(21)13-7-11(17)10-3-1-2-4-12(10)19-13/h1-8H,(H2,17,19)(H,18,20,21). The van der Waals surface area contributed by atoms with Crippen LogP contribution in [-0.4, -0.2) is 15.9 Å². The van der Waals surface area contributed by atoms with Crippen LogP contribution >= 0.6 is 15.9 Å². The Morgan fingerprint density at radius 2 is 2.00 bits per heavy atom. The highest BCUT2D eigenvalue weighted by Gasteiger charge is 2.11. The third-order valence-corrected chi connectivity index (χ3v) is 3.42. The van der Waals surface area contributed by atoms with Gasteiger partial charge in [-0.3, -0.25) is 4.79 Å². The smallest absolute Gasteiger partial charge is 0.275 e. The second-order valence-electron chi connectivity index (χ2n) is 4.43. The largest absolute Gasteiger partial charge is 0.398 e. The van der Waals surface area contributed by atoms with Crippen LogP contribution in [0.1, 0.15) is 10.5 Å². The maximum absolute atomic E-state index is 12.2. The van der Waals surface area contributed by atoms with Crippen LogP contribution in [0.5, 0.6) is 0 Å². The number of anilines is 2. The van der Waals surface area contributed by atoms with E-state index in [1.807, 2.05) is 24.3 Å². The third-order valence-electron chi connectivity index (χ3n) is 2.95. The van der Waals surface area contributed by atoms with E-state index in [1.165, 1.54) is 0 Å². The number of rotatable bonds is 2. The zero-order valence-electron chi connectivity index (χ0n) is 10.9. The number of nitrogens with two attached hydrogens (primary N) is 1. The van der Waals surface area contributed by atoms with Gasteiger partial charge in [-0.1, -0.05) is 18.2 Å². The third kappa shape index (κ3) is 2.85. The summed E-state index contributed by atoms with van der Waals surface area (Å²) in [7, 11) is 0. The van der Waals surface area contributed by atoms with Gasteiger partial charge in [0.2, 0.25) is 0 Å². The van der Waals surface area contributed by atoms with Crippen molar-refractivity contribution in [3.05, 3.63) is 58.8 Å². The average molecular weight is 343 g/mol. The number of hydrogen-bond donors (Lipinski definition) is 2. The van der Waals surface area contributed by atoms with E-state index in [2.05, 4.69) is 31.2 Å². The Morgan fingerprint density at radius 3 is 2.76 bits per heavy atom. The molecule has 0 unspecified atom stereocenters. The monoisotopic (exact) mass is 342 g/mol. The van der Waals surface area contributed by atoms with E-state index in [4.69, 9.17) is 5.73 Å². The average Bonchev–Trinajstić information content (AvgIpc) is 2.49. The van der Waals surface area contributed by atoms with E-state index in [-0.39, 0.29) is 11.6 Å². The molecule has 3 aromatic rings. The number of nitrogens with one attached hydrogen (secondary N) is 1. The van der Waals surface area contributed by atoms with Gasteiger partial charge in [-0.05, 0) is 40.2 Å². The molecule has 1 aromatic carbocycles. The minimum Gasteiger partial charge on any atom is -0.398 e. The van der Waals surface area contributed by atoms with Crippen molar-refractivity contribution in [2.75, 3.05) is 11.1 Å². The van der Waals surface area contributed by atoms with Crippen molar-refractivity contribution >= 4 is 44.2 Å². The van der Waals surface area contributed by atoms with Crippen molar-refractivity contribution in [1.82, 2.24) is 9.97 Å². The molecule has 0 spiro atoms. The molecule has 0 atom stereocenters. The number of para-hydroxylation sites is 1. The molecule has 0 fully saturated rings. The van der Waals surface area contributed by atoms with Gasteiger partial charge in [-0.15, -0.1) is 0 Å². The van der Waals surface area contributed by atoms with Crippen LogP contribution in [0.4, 0.5) is 11.5 Å². The zero-order chi connectivity index (χ0) is 14.8. The van der Waals surface area contributed by atoms with Crippen LogP contribution in [0, 0.1) is 0 Å². The van der Waals surface area contributed by atoms with Gasteiger partial charge in [0.1, 0.15) is 11.5 Å². The van der Waals surface area contributed by atoms with E-state index < -0.39 is 0 Å². The summed E-state index contributed by atoms with van der Waals surface area (Å²) in [6.07, 6.45) is 1.61. The fourth-order valence-corrected chi connectivity index (χ4v) is 2.18. The Bertz CT molecular complexity index is 818. The molecule has 2 heterocycles. The Labute approximate surface area is 129 Å². The fourth-order valence-electron chi connectivity index (χ4n) is 1.95. The molecule has 6 heteroatoms. The van der Waals surface area contributed by atoms with Crippen molar-refractivity contribution in [1.29, 1.82) is 0 Å². The first-order valence-corrected chi connectivity index (χ1v) is 7.01. The van der Waals surface area contributed by atoms with Crippen LogP contribution in [0.3, 0.4) is 0 Å². The predicted molar refractivity (Wildman–Crippen MR) is 86.0 cm³/mol. The van der Waals surface area contributed by atoms with Crippen molar-refractivity contribution in [3.8, 4) is 0 Å². The van der Waals surface area contributed by atoms with Gasteiger partial charge >= 0.3 is 0 Å². The molecular weight excluding hydrogens is 332 g/mol. The second-order valence-corrected chi connectivity index (χ2v) is 5.35. The van der Waals surface area contributed by atoms with Crippen LogP contribution in [0.2, 0.25) is 0 Å². The van der Waals surface area contributed by atoms with E-state index in [9.17, 15) is 4.79 Å². The Hall–Kier alpha value is -2.47. The lowest BCUT2D eigenvalue weighted by Gasteiger charge is -2.07. The number of aromatic nitrogens is 2. The summed E-state index contributed by atoms with van der Waals surface area (Å²) in [6, 6.07) is 12.5. The van der Waals surface area contributed by atoms with Crippen molar-refractivity contribution in [2.45, 2.75) is 0 Å². The molecule has 0 saturated carbocycles. The summed E-state index contributed by atoms with van der Waals surface area (Å²) < 4.78 is 0.841. The first-order valence-electron chi connectivity index (χ1n) is 6.21. The summed E-state index contributed by atoms with van der Waals surface area (Å²) in [5, 5.41) is 3.52. The number of benzene rings is 1. The van der Waals surface area contributed by atoms with Crippen LogP contribution in [-0.2, 0) is 0 Å². The van der Waals surface area contributed by atoms with E-state index in [1.54, 1.807) is 24.4 Å². The summed E-state index contributed by atoms with van der Waals surface area (Å²) >= 11 is 3.29. The number of nitrogens with zero attached hydrogens (tertiary/aromatic N) is 2. The fraction of sp³-hybridized carbons (Fsp3) is 0. The number of hydrogen-bond acceptors (Lipinski definition) is 4. The lowest BCUT2D eigenvalue weighted by atomic mass is 10.1. The van der Waals surface area contributed by atoms with Crippen molar-refractivity contribution < 1.29 is 4.79 Å². The number of pyridine rings is 2. The number of fused-ring (bicyclic) bond motifs is 1. The maximum atomic E-state index is 12.2. The van der Waals surface area contributed by atoms with Gasteiger partial charge in [-0.2, -0.15) is 0 Å². The van der Waals surface area contributed by atoms with Gasteiger partial charge in [0.05, 0.1) is 5.52 Å². The van der Waals surface area contributed by atoms with Crippen molar-refractivity contribution in [2.24, 2.45) is 0 Å². The predicted octanol–water partition coefficient (Wildman–Crippen LogP) is 3.23. The molecule has 104 valence electrons. The topological polar surface area (TPSA) is 80.9 Å². The first kappa shape index (κ1) is 13.5. The Kier molecular flexibility index (Phi) is 3.53. The molecule has 0 aliphatic heterocycles. The lowest BCUT2D eigenvalue weighted by molar-refractivity contribution is 0.102. The van der Waals surface area contributed by atoms with E-state index in [0.717, 1.165) is 9.86 Å². The molecule has 0 aliphatic rings. The Balaban J connectivity index is 1.92. The molecule has 5 nitrogen and oxygen atoms in total. The highest BCUT2D eigenvalue weighted by Crippen LogP contribution is 2.20. The quantitative estimate of drug-likeness (QED) is 0.749. The zero-order valence-corrected chi connectivity index (χ0v) is 12.5. The molecule has 3 N–H and O–H groups in total. The minimum absolute atomic E-state index is 0.260. The second kappa shape index (κ2) is 5.49. The SMILES string of the molecule is Nc1cc(C(=O)Nc2ccc(Br)cn2)nc2ccccc12. The Morgan fingerprint density at radius 1 is 1.19 bits per heavy atom. The molecule has 0 radical (unpaired) electrons. The number of amides is 1. The van der Waals surface area contributed by atoms with Crippen LogP contribution < -0.4 is 11.1 Å². The van der Waals surface area contributed by atoms with Gasteiger partial charge in [0.15, 0.2) is 0 Å². The number of carbonyl (C=O) groups is 1. The van der Waals surface area contributed by atoms with Crippen molar-refractivity contribution in [3.63, 3.8) is 0 Å². The number of halogens is 1. The summed E-state index contributed by atoms with van der Waals surface area (Å²) in [6.45, 7) is 0. The van der Waals surface area contributed by atoms with Crippen LogP contribution in [0.25, 0.3) is 10.9 Å². The highest BCUT2D eigenvalue weighted by atomic mass is 79.9. The molecule has 2 aromatic heterocycles. The lowest BCUT2D eigenvalue weighted by Crippen LogP contribution is -2.15. The minimum atomic E-state index is -0.345. The number of nitrogen functional groups attached to an aromatic ring is 1. The molecule has 1 amide bonds. The molecule has 0 aliphatic carbocycles. The molecule has 0 bridgehead atoms. The summed E-state index contributed by atoms with van der Waals surface area (Å²) in [5.74, 6) is 0.110. The highest BCUT2D eigenvalue weighted by molar-refractivity contribution is 9.10. The summed E-state index contributed by atoms with van der Waals surface area (Å²) in [4.78, 5) is 20.6. The van der Waals surface area contributed by atoms with Crippen LogP contribution in [0.15, 0.2) is 53.1 Å². The normalized spacial score (nSPS) is 10.5. The maximum Gasteiger partial charge on any atom is 0.275 e. The molecule has 3 rings (SSSR count). The summed E-state index contributed by atoms with van der Waals surface area (Å²) in [5.41, 5.74) is 7.44. The molecule has 0 saturated heterocycles. The van der Waals surface area contributed by atoms with Gasteiger partial charge < -0.3 is 11.1 Å². The van der Waals surface area contributed by atoms with Gasteiger partial charge in [0, 0.05) is 21.7 Å². The van der Waals surface area contributed by atoms with Gasteiger partial charge in [0.25, 0.3) is 5.91 Å². The number of carbonyl (C=O) groups excluding carboxylic acids is 1. The molecule has 21 heavy (non-hydrogen) atoms. The van der Waals surface area contributed by atoms with E-state index in [0.29, 0.717) is 17.0 Å².